The standard InChI is InChI=1S/C13H9F3O2S/c14-13(15,16)9-5-11(17)18-12(9)8-6-19-10-4-2-1-3-7(8)10/h1-4,6,9,12H,5H2/t9-,12+/m1/s1. The van der Waals surface area contributed by atoms with Gasteiger partial charge in [-0.3, -0.25) is 4.79 Å². The molecular weight excluding hydrogens is 277 g/mol. The van der Waals surface area contributed by atoms with Gasteiger partial charge in [0.15, 0.2) is 0 Å². The predicted molar refractivity (Wildman–Crippen MR) is 64.8 cm³/mol. The molecule has 1 aromatic heterocycles. The third kappa shape index (κ3) is 2.10. The lowest BCUT2D eigenvalue weighted by atomic mass is 9.94. The first-order chi connectivity index (χ1) is 8.97. The number of hydrogen-bond acceptors (Lipinski definition) is 3. The molecule has 0 amide bonds. The van der Waals surface area contributed by atoms with Crippen molar-refractivity contribution < 1.29 is 22.7 Å². The van der Waals surface area contributed by atoms with E-state index in [4.69, 9.17) is 4.74 Å². The molecule has 1 aliphatic rings. The smallest absolute Gasteiger partial charge is 0.396 e. The van der Waals surface area contributed by atoms with Gasteiger partial charge in [0.1, 0.15) is 12.0 Å². The molecule has 0 spiro atoms. The van der Waals surface area contributed by atoms with Gasteiger partial charge in [0, 0.05) is 10.3 Å². The number of alkyl halides is 3. The van der Waals surface area contributed by atoms with Crippen LogP contribution in [0.1, 0.15) is 18.1 Å². The Balaban J connectivity index is 2.07. The molecule has 1 aliphatic heterocycles. The van der Waals surface area contributed by atoms with Crippen LogP contribution >= 0.6 is 11.3 Å². The van der Waals surface area contributed by atoms with E-state index in [1.165, 1.54) is 11.3 Å². The Kier molecular flexibility index (Phi) is 2.78. The highest BCUT2D eigenvalue weighted by atomic mass is 32.1. The van der Waals surface area contributed by atoms with Crippen LogP contribution in [0.4, 0.5) is 13.2 Å². The van der Waals surface area contributed by atoms with E-state index in [9.17, 15) is 18.0 Å². The van der Waals surface area contributed by atoms with Gasteiger partial charge in [-0.25, -0.2) is 0 Å². The van der Waals surface area contributed by atoms with Crippen molar-refractivity contribution in [1.82, 2.24) is 0 Å². The van der Waals surface area contributed by atoms with Crippen LogP contribution < -0.4 is 0 Å². The van der Waals surface area contributed by atoms with E-state index in [2.05, 4.69) is 0 Å². The molecule has 6 heteroatoms. The number of carbonyl (C=O) groups is 1. The van der Waals surface area contributed by atoms with Gasteiger partial charge in [0.05, 0.1) is 6.42 Å². The average molecular weight is 286 g/mol. The second kappa shape index (κ2) is 4.23. The minimum atomic E-state index is -4.43. The van der Waals surface area contributed by atoms with Crippen LogP contribution in [0.15, 0.2) is 29.6 Å². The van der Waals surface area contributed by atoms with Gasteiger partial charge in [0.25, 0.3) is 0 Å². The highest BCUT2D eigenvalue weighted by molar-refractivity contribution is 7.17. The van der Waals surface area contributed by atoms with E-state index in [0.29, 0.717) is 5.56 Å². The summed E-state index contributed by atoms with van der Waals surface area (Å²) in [6.45, 7) is 0. The summed E-state index contributed by atoms with van der Waals surface area (Å²) in [7, 11) is 0. The van der Waals surface area contributed by atoms with Crippen LogP contribution in [0.3, 0.4) is 0 Å². The fourth-order valence-corrected chi connectivity index (χ4v) is 3.33. The summed E-state index contributed by atoms with van der Waals surface area (Å²) in [5.41, 5.74) is 0.453. The van der Waals surface area contributed by atoms with Crippen LogP contribution in [0.5, 0.6) is 0 Å². The molecule has 0 aliphatic carbocycles. The Bertz CT molecular complexity index is 632. The van der Waals surface area contributed by atoms with Crippen molar-refractivity contribution in [3.05, 3.63) is 35.2 Å². The Labute approximate surface area is 110 Å². The Morgan fingerprint density at radius 1 is 1.26 bits per heavy atom. The summed E-state index contributed by atoms with van der Waals surface area (Å²) in [5, 5.41) is 2.37. The van der Waals surface area contributed by atoms with Crippen molar-refractivity contribution in [3.63, 3.8) is 0 Å². The zero-order valence-electron chi connectivity index (χ0n) is 9.61. The second-order valence-corrected chi connectivity index (χ2v) is 5.36. The lowest BCUT2D eigenvalue weighted by molar-refractivity contribution is -0.187. The largest absolute Gasteiger partial charge is 0.457 e. The first-order valence-electron chi connectivity index (χ1n) is 5.69. The topological polar surface area (TPSA) is 26.3 Å². The van der Waals surface area contributed by atoms with Gasteiger partial charge in [-0.2, -0.15) is 13.2 Å². The Morgan fingerprint density at radius 3 is 2.74 bits per heavy atom. The second-order valence-electron chi connectivity index (χ2n) is 4.45. The number of thiophene rings is 1. The fraction of sp³-hybridized carbons (Fsp3) is 0.308. The molecule has 0 radical (unpaired) electrons. The quantitative estimate of drug-likeness (QED) is 0.739. The van der Waals surface area contributed by atoms with Gasteiger partial charge in [-0.1, -0.05) is 18.2 Å². The van der Waals surface area contributed by atoms with E-state index in [1.807, 2.05) is 12.1 Å². The van der Waals surface area contributed by atoms with Gasteiger partial charge in [-0.05, 0) is 16.8 Å². The molecule has 0 unspecified atom stereocenters. The number of benzene rings is 1. The molecule has 1 fully saturated rings. The molecule has 0 N–H and O–H groups in total. The average Bonchev–Trinajstić information content (AvgIpc) is 2.91. The Morgan fingerprint density at radius 2 is 2.00 bits per heavy atom. The maximum Gasteiger partial charge on any atom is 0.396 e. The Hall–Kier alpha value is -1.56. The minimum Gasteiger partial charge on any atom is -0.457 e. The van der Waals surface area contributed by atoms with Crippen molar-refractivity contribution in [2.45, 2.75) is 18.7 Å². The van der Waals surface area contributed by atoms with E-state index in [0.717, 1.165) is 10.1 Å². The monoisotopic (exact) mass is 286 g/mol. The van der Waals surface area contributed by atoms with Crippen LogP contribution in [-0.2, 0) is 9.53 Å². The molecule has 0 saturated carbocycles. The summed E-state index contributed by atoms with van der Waals surface area (Å²) in [4.78, 5) is 11.2. The molecular formula is C13H9F3O2S. The molecule has 100 valence electrons. The van der Waals surface area contributed by atoms with Crippen LogP contribution in [0.2, 0.25) is 0 Å². The van der Waals surface area contributed by atoms with Gasteiger partial charge < -0.3 is 4.74 Å². The minimum absolute atomic E-state index is 0.453. The molecule has 2 aromatic rings. The molecule has 2 nitrogen and oxygen atoms in total. The number of rotatable bonds is 1. The summed E-state index contributed by atoms with van der Waals surface area (Å²) >= 11 is 1.36. The highest BCUT2D eigenvalue weighted by Gasteiger charge is 2.52. The lowest BCUT2D eigenvalue weighted by Gasteiger charge is -2.19. The molecule has 2 heterocycles. The number of halogens is 3. The molecule has 19 heavy (non-hydrogen) atoms. The van der Waals surface area contributed by atoms with E-state index in [1.54, 1.807) is 17.5 Å². The van der Waals surface area contributed by atoms with Gasteiger partial charge >= 0.3 is 12.1 Å². The van der Waals surface area contributed by atoms with Crippen LogP contribution in [0, 0.1) is 5.92 Å². The first kappa shape index (κ1) is 12.5. The van der Waals surface area contributed by atoms with Crippen molar-refractivity contribution >= 4 is 27.4 Å². The number of ether oxygens (including phenoxy) is 1. The summed E-state index contributed by atoms with van der Waals surface area (Å²) < 4.78 is 44.6. The van der Waals surface area contributed by atoms with Crippen molar-refractivity contribution in [3.8, 4) is 0 Å². The third-order valence-electron chi connectivity index (χ3n) is 3.25. The van der Waals surface area contributed by atoms with Gasteiger partial charge in [0.2, 0.25) is 0 Å². The molecule has 2 atom stereocenters. The summed E-state index contributed by atoms with van der Waals surface area (Å²) in [5.74, 6) is -2.54. The van der Waals surface area contributed by atoms with Crippen LogP contribution in [-0.4, -0.2) is 12.1 Å². The SMILES string of the molecule is O=C1C[C@@H](C(F)(F)F)[C@H](c2csc3ccccc23)O1. The van der Waals surface area contributed by atoms with E-state index < -0.39 is 30.6 Å². The highest BCUT2D eigenvalue weighted by Crippen LogP contribution is 2.47. The zero-order valence-corrected chi connectivity index (χ0v) is 10.4. The number of hydrogen-bond donors (Lipinski definition) is 0. The first-order valence-corrected chi connectivity index (χ1v) is 6.57. The zero-order chi connectivity index (χ0) is 13.6. The number of fused-ring (bicyclic) bond motifs is 1. The van der Waals surface area contributed by atoms with E-state index >= 15 is 0 Å². The molecule has 3 rings (SSSR count). The maximum absolute atomic E-state index is 12.9. The summed E-state index contributed by atoms with van der Waals surface area (Å²) in [6, 6.07) is 7.17. The lowest BCUT2D eigenvalue weighted by Crippen LogP contribution is -2.25. The van der Waals surface area contributed by atoms with Crippen molar-refractivity contribution in [2.24, 2.45) is 5.92 Å². The predicted octanol–water partition coefficient (Wildman–Crippen LogP) is 4.07. The van der Waals surface area contributed by atoms with E-state index in [-0.39, 0.29) is 0 Å². The van der Waals surface area contributed by atoms with Gasteiger partial charge in [-0.15, -0.1) is 11.3 Å². The molecule has 1 aromatic carbocycles. The molecule has 0 bridgehead atoms. The number of cyclic esters (lactones) is 1. The van der Waals surface area contributed by atoms with Crippen LogP contribution in [0.25, 0.3) is 10.1 Å². The third-order valence-corrected chi connectivity index (χ3v) is 4.23. The molecule has 1 saturated heterocycles. The fourth-order valence-electron chi connectivity index (χ4n) is 2.34. The maximum atomic E-state index is 12.9. The van der Waals surface area contributed by atoms with Crippen molar-refractivity contribution in [1.29, 1.82) is 0 Å². The normalized spacial score (nSPS) is 23.8. The van der Waals surface area contributed by atoms with Crippen molar-refractivity contribution in [2.75, 3.05) is 0 Å². The number of carbonyl (C=O) groups excluding carboxylic acids is 1. The summed E-state index contributed by atoms with van der Waals surface area (Å²) in [6.07, 6.45) is -6.25. The number of esters is 1.